The molecule has 1 atom stereocenters. The van der Waals surface area contributed by atoms with Crippen LogP contribution in [0.1, 0.15) is 19.8 Å². The molecule has 4 heteroatoms. The molecule has 0 saturated carbocycles. The van der Waals surface area contributed by atoms with Gasteiger partial charge in [0.15, 0.2) is 6.10 Å². The van der Waals surface area contributed by atoms with E-state index in [-0.39, 0.29) is 5.91 Å². The second-order valence-corrected chi connectivity index (χ2v) is 4.57. The van der Waals surface area contributed by atoms with Gasteiger partial charge in [0.1, 0.15) is 5.75 Å². The summed E-state index contributed by atoms with van der Waals surface area (Å²) < 4.78 is 5.67. The molecule has 0 radical (unpaired) electrons. The first-order chi connectivity index (χ1) is 8.70. The normalized spacial score (nSPS) is 16.4. The zero-order valence-electron chi connectivity index (χ0n) is 11.0. The van der Waals surface area contributed by atoms with Crippen LogP contribution in [0, 0.1) is 0 Å². The minimum Gasteiger partial charge on any atom is -0.481 e. The molecule has 1 aromatic rings. The van der Waals surface area contributed by atoms with Crippen molar-refractivity contribution >= 4 is 11.6 Å². The van der Waals surface area contributed by atoms with Gasteiger partial charge in [0.25, 0.3) is 5.91 Å². The number of nitrogens with zero attached hydrogens (tertiary/aromatic N) is 1. The zero-order chi connectivity index (χ0) is 13.0. The van der Waals surface area contributed by atoms with Crippen LogP contribution in [0.2, 0.25) is 0 Å². The van der Waals surface area contributed by atoms with Crippen LogP contribution in [0.4, 0.5) is 5.69 Å². The highest BCUT2D eigenvalue weighted by Gasteiger charge is 2.24. The van der Waals surface area contributed by atoms with Gasteiger partial charge in [-0.1, -0.05) is 0 Å². The lowest BCUT2D eigenvalue weighted by Gasteiger charge is -2.21. The van der Waals surface area contributed by atoms with Gasteiger partial charge in [0.2, 0.25) is 0 Å². The molecule has 2 rings (SSSR count). The molecule has 1 amide bonds. The number of benzene rings is 1. The van der Waals surface area contributed by atoms with Gasteiger partial charge in [0, 0.05) is 25.8 Å². The highest BCUT2D eigenvalue weighted by atomic mass is 16.5. The van der Waals surface area contributed by atoms with Crippen molar-refractivity contribution in [3.63, 3.8) is 0 Å². The van der Waals surface area contributed by atoms with E-state index < -0.39 is 6.10 Å². The smallest absolute Gasteiger partial charge is 0.263 e. The van der Waals surface area contributed by atoms with E-state index in [1.165, 1.54) is 0 Å². The molecule has 4 nitrogen and oxygen atoms in total. The Bertz CT molecular complexity index is 397. The summed E-state index contributed by atoms with van der Waals surface area (Å²) in [5.41, 5.74) is 1.03. The molecular formula is C14H20N2O2. The van der Waals surface area contributed by atoms with Crippen LogP contribution in [-0.4, -0.2) is 37.0 Å². The maximum Gasteiger partial charge on any atom is 0.263 e. The number of hydrogen-bond acceptors (Lipinski definition) is 3. The zero-order valence-corrected chi connectivity index (χ0v) is 11.0. The molecule has 0 spiro atoms. The Labute approximate surface area is 108 Å². The largest absolute Gasteiger partial charge is 0.481 e. The molecular weight excluding hydrogens is 228 g/mol. The van der Waals surface area contributed by atoms with E-state index in [9.17, 15) is 4.79 Å². The first-order valence-corrected chi connectivity index (χ1v) is 6.44. The van der Waals surface area contributed by atoms with Crippen LogP contribution in [0.5, 0.6) is 5.75 Å². The van der Waals surface area contributed by atoms with Crippen molar-refractivity contribution in [2.24, 2.45) is 0 Å². The van der Waals surface area contributed by atoms with E-state index in [2.05, 4.69) is 5.32 Å². The number of hydrogen-bond donors (Lipinski definition) is 1. The number of carbonyl (C=O) groups excluding carboxylic acids is 1. The molecule has 98 valence electrons. The van der Waals surface area contributed by atoms with Crippen molar-refractivity contribution < 1.29 is 9.53 Å². The molecule has 0 aliphatic carbocycles. The average Bonchev–Trinajstić information content (AvgIpc) is 2.92. The third kappa shape index (κ3) is 2.94. The lowest BCUT2D eigenvalue weighted by atomic mass is 10.3. The summed E-state index contributed by atoms with van der Waals surface area (Å²) in [4.78, 5) is 13.9. The predicted molar refractivity (Wildman–Crippen MR) is 71.9 cm³/mol. The first kappa shape index (κ1) is 12.7. The molecule has 1 aliphatic heterocycles. The third-order valence-electron chi connectivity index (χ3n) is 3.22. The highest BCUT2D eigenvalue weighted by molar-refractivity contribution is 5.81. The molecule has 1 unspecified atom stereocenters. The Morgan fingerprint density at radius 2 is 1.89 bits per heavy atom. The number of amides is 1. The number of ether oxygens (including phenoxy) is 1. The van der Waals surface area contributed by atoms with Gasteiger partial charge in [-0.3, -0.25) is 4.79 Å². The van der Waals surface area contributed by atoms with Gasteiger partial charge in [-0.25, -0.2) is 0 Å². The Morgan fingerprint density at radius 1 is 1.28 bits per heavy atom. The van der Waals surface area contributed by atoms with Crippen LogP contribution >= 0.6 is 0 Å². The van der Waals surface area contributed by atoms with Crippen molar-refractivity contribution in [1.29, 1.82) is 0 Å². The minimum absolute atomic E-state index is 0.0881. The topological polar surface area (TPSA) is 41.6 Å². The summed E-state index contributed by atoms with van der Waals surface area (Å²) in [6, 6.07) is 7.62. The Balaban J connectivity index is 1.92. The van der Waals surface area contributed by atoms with Crippen molar-refractivity contribution in [3.05, 3.63) is 24.3 Å². The fourth-order valence-corrected chi connectivity index (χ4v) is 2.15. The van der Waals surface area contributed by atoms with Crippen molar-refractivity contribution in [2.45, 2.75) is 25.9 Å². The van der Waals surface area contributed by atoms with Crippen LogP contribution < -0.4 is 10.1 Å². The van der Waals surface area contributed by atoms with Gasteiger partial charge in [-0.05, 0) is 44.0 Å². The monoisotopic (exact) mass is 248 g/mol. The molecule has 1 heterocycles. The summed E-state index contributed by atoms with van der Waals surface area (Å²) in [6.45, 7) is 3.54. The average molecular weight is 248 g/mol. The van der Waals surface area contributed by atoms with E-state index >= 15 is 0 Å². The molecule has 0 aromatic heterocycles. The van der Waals surface area contributed by atoms with Gasteiger partial charge in [-0.15, -0.1) is 0 Å². The molecule has 1 saturated heterocycles. The summed E-state index contributed by atoms with van der Waals surface area (Å²) in [5.74, 6) is 0.819. The Morgan fingerprint density at radius 3 is 2.44 bits per heavy atom. The fraction of sp³-hybridized carbons (Fsp3) is 0.500. The molecule has 1 aromatic carbocycles. The van der Waals surface area contributed by atoms with Gasteiger partial charge in [0.05, 0.1) is 0 Å². The summed E-state index contributed by atoms with van der Waals surface area (Å²) in [7, 11) is 1.87. The maximum absolute atomic E-state index is 12.1. The SMILES string of the molecule is CNc1ccc(OC(C)C(=O)N2CCCC2)cc1. The third-order valence-corrected chi connectivity index (χ3v) is 3.22. The number of rotatable bonds is 4. The molecule has 1 aliphatic rings. The molecule has 1 fully saturated rings. The molecule has 18 heavy (non-hydrogen) atoms. The Kier molecular flexibility index (Phi) is 4.07. The first-order valence-electron chi connectivity index (χ1n) is 6.44. The number of likely N-dealkylation sites (tertiary alicyclic amines) is 1. The Hall–Kier alpha value is -1.71. The van der Waals surface area contributed by atoms with Crippen molar-refractivity contribution in [3.8, 4) is 5.75 Å². The standard InChI is InChI=1S/C14H20N2O2/c1-11(14(17)16-9-3-4-10-16)18-13-7-5-12(15-2)6-8-13/h5-8,11,15H,3-4,9-10H2,1-2H3. The fourth-order valence-electron chi connectivity index (χ4n) is 2.15. The van der Waals surface area contributed by atoms with E-state index in [0.717, 1.165) is 37.4 Å². The highest BCUT2D eigenvalue weighted by Crippen LogP contribution is 2.18. The maximum atomic E-state index is 12.1. The summed E-state index contributed by atoms with van der Waals surface area (Å²) >= 11 is 0. The summed E-state index contributed by atoms with van der Waals surface area (Å²) in [5, 5.41) is 3.04. The van der Waals surface area contributed by atoms with E-state index in [1.54, 1.807) is 0 Å². The van der Waals surface area contributed by atoms with E-state index in [1.807, 2.05) is 43.1 Å². The van der Waals surface area contributed by atoms with E-state index in [0.29, 0.717) is 0 Å². The van der Waals surface area contributed by atoms with Crippen LogP contribution in [0.15, 0.2) is 24.3 Å². The lowest BCUT2D eigenvalue weighted by Crippen LogP contribution is -2.38. The van der Waals surface area contributed by atoms with Crippen LogP contribution in [0.25, 0.3) is 0 Å². The van der Waals surface area contributed by atoms with Crippen molar-refractivity contribution in [1.82, 2.24) is 4.90 Å². The number of anilines is 1. The second-order valence-electron chi connectivity index (χ2n) is 4.57. The predicted octanol–water partition coefficient (Wildman–Crippen LogP) is 2.12. The second kappa shape index (κ2) is 5.76. The number of nitrogens with one attached hydrogen (secondary N) is 1. The lowest BCUT2D eigenvalue weighted by molar-refractivity contribution is -0.136. The minimum atomic E-state index is -0.413. The van der Waals surface area contributed by atoms with E-state index in [4.69, 9.17) is 4.74 Å². The van der Waals surface area contributed by atoms with Crippen molar-refractivity contribution in [2.75, 3.05) is 25.5 Å². The van der Waals surface area contributed by atoms with Crippen LogP contribution in [0.3, 0.4) is 0 Å². The molecule has 0 bridgehead atoms. The summed E-state index contributed by atoms with van der Waals surface area (Å²) in [6.07, 6.45) is 1.80. The van der Waals surface area contributed by atoms with Gasteiger partial charge < -0.3 is 15.0 Å². The van der Waals surface area contributed by atoms with Gasteiger partial charge in [-0.2, -0.15) is 0 Å². The van der Waals surface area contributed by atoms with Gasteiger partial charge >= 0.3 is 0 Å². The quantitative estimate of drug-likeness (QED) is 0.887. The van der Waals surface area contributed by atoms with Crippen LogP contribution in [-0.2, 0) is 4.79 Å². The number of carbonyl (C=O) groups is 1. The molecule has 1 N–H and O–H groups in total.